The normalized spacial score (nSPS) is 11.8. The fraction of sp³-hybridized carbons (Fsp3) is 0.250. The van der Waals surface area contributed by atoms with Crippen LogP contribution in [0, 0.1) is 6.92 Å². The summed E-state index contributed by atoms with van der Waals surface area (Å²) < 4.78 is 4.12. The quantitative estimate of drug-likeness (QED) is 0.393. The maximum absolute atomic E-state index is 11.5. The lowest BCUT2D eigenvalue weighted by atomic mass is 10.3. The molecule has 5 N–H and O–H groups in total. The largest absolute Gasteiger partial charge is 0.364 e. The molecule has 1 amide bonds. The number of nitrogens with one attached hydrogen (secondary N) is 1. The molecular weight excluding hydrogens is 306 g/mol. The standard InChI is InChI=1S/C12H15N7O2S/c1-6-3-9(22-18-6)17-12-10(11(13)21)15-4-8(16-12)19(14)7(2)5-20/h3-5,7H,14H2,1-2H3,(H2,13,21)(H,16,17)/t7-/m1/s1. The number of primary amides is 1. The number of amides is 1. The van der Waals surface area contributed by atoms with Crippen LogP contribution in [-0.2, 0) is 4.79 Å². The summed E-state index contributed by atoms with van der Waals surface area (Å²) in [6.45, 7) is 3.45. The molecule has 2 aromatic heterocycles. The molecule has 10 heteroatoms. The lowest BCUT2D eigenvalue weighted by Gasteiger charge is -2.21. The van der Waals surface area contributed by atoms with Crippen LogP contribution >= 0.6 is 11.5 Å². The number of carbonyl (C=O) groups excluding carboxylic acids is 2. The Bertz CT molecular complexity index is 703. The molecule has 0 radical (unpaired) electrons. The van der Waals surface area contributed by atoms with Crippen molar-refractivity contribution in [2.24, 2.45) is 11.6 Å². The Morgan fingerprint density at radius 2 is 2.27 bits per heavy atom. The molecular formula is C12H15N7O2S. The van der Waals surface area contributed by atoms with E-state index < -0.39 is 11.9 Å². The van der Waals surface area contributed by atoms with E-state index >= 15 is 0 Å². The van der Waals surface area contributed by atoms with Crippen LogP contribution in [-0.4, -0.2) is 32.6 Å². The maximum atomic E-state index is 11.5. The van der Waals surface area contributed by atoms with Gasteiger partial charge in [-0.25, -0.2) is 15.8 Å². The van der Waals surface area contributed by atoms with Gasteiger partial charge in [-0.05, 0) is 31.4 Å². The molecule has 0 saturated heterocycles. The molecule has 0 fully saturated rings. The third-order valence-electron chi connectivity index (χ3n) is 2.76. The van der Waals surface area contributed by atoms with E-state index in [1.54, 1.807) is 13.0 Å². The highest BCUT2D eigenvalue weighted by atomic mass is 32.1. The van der Waals surface area contributed by atoms with Crippen LogP contribution in [0.25, 0.3) is 0 Å². The zero-order valence-corrected chi connectivity index (χ0v) is 12.8. The topological polar surface area (TPSA) is 140 Å². The average Bonchev–Trinajstić information content (AvgIpc) is 2.90. The first-order valence-corrected chi connectivity index (χ1v) is 7.06. The van der Waals surface area contributed by atoms with Crippen molar-refractivity contribution in [3.05, 3.63) is 23.7 Å². The first-order chi connectivity index (χ1) is 10.4. The molecule has 0 aliphatic rings. The number of nitrogens with zero attached hydrogens (tertiary/aromatic N) is 4. The molecule has 2 aromatic rings. The number of anilines is 3. The molecule has 0 saturated carbocycles. The van der Waals surface area contributed by atoms with E-state index in [2.05, 4.69) is 19.7 Å². The zero-order chi connectivity index (χ0) is 16.3. The van der Waals surface area contributed by atoms with Crippen LogP contribution in [0.3, 0.4) is 0 Å². The molecule has 0 aliphatic carbocycles. The molecule has 2 rings (SSSR count). The zero-order valence-electron chi connectivity index (χ0n) is 12.0. The van der Waals surface area contributed by atoms with Gasteiger partial charge in [0, 0.05) is 0 Å². The van der Waals surface area contributed by atoms with Crippen LogP contribution < -0.4 is 21.9 Å². The highest BCUT2D eigenvalue weighted by molar-refractivity contribution is 7.10. The molecule has 2 heterocycles. The van der Waals surface area contributed by atoms with E-state index in [1.165, 1.54) is 17.7 Å². The molecule has 0 aromatic carbocycles. The Morgan fingerprint density at radius 3 is 2.82 bits per heavy atom. The number of rotatable bonds is 6. The fourth-order valence-corrected chi connectivity index (χ4v) is 2.25. The monoisotopic (exact) mass is 321 g/mol. The van der Waals surface area contributed by atoms with Gasteiger partial charge < -0.3 is 15.8 Å². The third-order valence-corrected chi connectivity index (χ3v) is 3.56. The van der Waals surface area contributed by atoms with Gasteiger partial charge in [-0.3, -0.25) is 9.80 Å². The summed E-state index contributed by atoms with van der Waals surface area (Å²) in [5.41, 5.74) is 6.09. The lowest BCUT2D eigenvalue weighted by Crippen LogP contribution is -2.41. The van der Waals surface area contributed by atoms with Crippen molar-refractivity contribution in [3.63, 3.8) is 0 Å². The van der Waals surface area contributed by atoms with Crippen molar-refractivity contribution in [2.75, 3.05) is 10.3 Å². The van der Waals surface area contributed by atoms with Crippen molar-refractivity contribution in [1.82, 2.24) is 14.3 Å². The fourth-order valence-electron chi connectivity index (χ4n) is 1.59. The SMILES string of the molecule is Cc1cc(Nc2nc(N(N)[C@H](C)C=O)cnc2C(N)=O)sn1. The van der Waals surface area contributed by atoms with Crippen LogP contribution in [0.5, 0.6) is 0 Å². The summed E-state index contributed by atoms with van der Waals surface area (Å²) in [6, 6.07) is 1.20. The Kier molecular flexibility index (Phi) is 4.63. The number of hydrogen-bond acceptors (Lipinski definition) is 9. The van der Waals surface area contributed by atoms with Crippen molar-refractivity contribution < 1.29 is 9.59 Å². The van der Waals surface area contributed by atoms with Crippen molar-refractivity contribution in [3.8, 4) is 0 Å². The van der Waals surface area contributed by atoms with Gasteiger partial charge >= 0.3 is 0 Å². The summed E-state index contributed by atoms with van der Waals surface area (Å²) in [4.78, 5) is 30.4. The first kappa shape index (κ1) is 15.8. The van der Waals surface area contributed by atoms with Gasteiger partial charge in [-0.2, -0.15) is 4.37 Å². The van der Waals surface area contributed by atoms with Crippen molar-refractivity contribution in [2.45, 2.75) is 19.9 Å². The van der Waals surface area contributed by atoms with E-state index in [4.69, 9.17) is 11.6 Å². The van der Waals surface area contributed by atoms with Gasteiger partial charge in [0.2, 0.25) is 0 Å². The Balaban J connectivity index is 2.39. The van der Waals surface area contributed by atoms with Gasteiger partial charge in [-0.15, -0.1) is 0 Å². The molecule has 116 valence electrons. The summed E-state index contributed by atoms with van der Waals surface area (Å²) in [5.74, 6) is 5.45. The Hall–Kier alpha value is -2.59. The minimum atomic E-state index is -0.727. The third kappa shape index (κ3) is 3.35. The van der Waals surface area contributed by atoms with Crippen LogP contribution in [0.4, 0.5) is 16.6 Å². The molecule has 9 nitrogen and oxygen atoms in total. The van der Waals surface area contributed by atoms with E-state index in [9.17, 15) is 9.59 Å². The molecule has 0 aliphatic heterocycles. The number of aldehydes is 1. The number of carbonyl (C=O) groups is 2. The van der Waals surface area contributed by atoms with Crippen molar-refractivity contribution >= 4 is 40.4 Å². The van der Waals surface area contributed by atoms with Gasteiger partial charge in [0.15, 0.2) is 17.3 Å². The minimum Gasteiger partial charge on any atom is -0.364 e. The van der Waals surface area contributed by atoms with Crippen molar-refractivity contribution in [1.29, 1.82) is 0 Å². The molecule has 22 heavy (non-hydrogen) atoms. The number of aromatic nitrogens is 3. The van der Waals surface area contributed by atoms with Gasteiger partial charge in [0.1, 0.15) is 11.3 Å². The number of nitrogens with two attached hydrogens (primary N) is 2. The number of aryl methyl sites for hydroxylation is 1. The van der Waals surface area contributed by atoms with E-state index in [1.807, 2.05) is 6.92 Å². The van der Waals surface area contributed by atoms with E-state index in [0.717, 1.165) is 10.7 Å². The first-order valence-electron chi connectivity index (χ1n) is 6.28. The van der Waals surface area contributed by atoms with Gasteiger partial charge in [0.05, 0.1) is 17.9 Å². The summed E-state index contributed by atoms with van der Waals surface area (Å²) in [7, 11) is 0. The predicted molar refractivity (Wildman–Crippen MR) is 82.9 cm³/mol. The molecule has 0 bridgehead atoms. The summed E-state index contributed by atoms with van der Waals surface area (Å²) in [6.07, 6.45) is 1.95. The Labute approximate surface area is 130 Å². The number of hydrogen-bond donors (Lipinski definition) is 3. The van der Waals surface area contributed by atoms with Crippen LogP contribution in [0.2, 0.25) is 0 Å². The summed E-state index contributed by atoms with van der Waals surface area (Å²) >= 11 is 1.21. The van der Waals surface area contributed by atoms with E-state index in [-0.39, 0.29) is 17.3 Å². The lowest BCUT2D eigenvalue weighted by molar-refractivity contribution is -0.108. The molecule has 0 unspecified atom stereocenters. The smallest absolute Gasteiger partial charge is 0.271 e. The average molecular weight is 321 g/mol. The number of hydrazine groups is 1. The minimum absolute atomic E-state index is 0.0260. The van der Waals surface area contributed by atoms with E-state index in [0.29, 0.717) is 11.3 Å². The maximum Gasteiger partial charge on any atom is 0.271 e. The second kappa shape index (κ2) is 6.45. The van der Waals surface area contributed by atoms with Crippen LogP contribution in [0.1, 0.15) is 23.1 Å². The highest BCUT2D eigenvalue weighted by Crippen LogP contribution is 2.23. The van der Waals surface area contributed by atoms with Gasteiger partial charge in [0.25, 0.3) is 5.91 Å². The van der Waals surface area contributed by atoms with Gasteiger partial charge in [-0.1, -0.05) is 0 Å². The summed E-state index contributed by atoms with van der Waals surface area (Å²) in [5, 5.41) is 4.76. The second-order valence-corrected chi connectivity index (χ2v) is 5.34. The Morgan fingerprint density at radius 1 is 1.55 bits per heavy atom. The molecule has 1 atom stereocenters. The predicted octanol–water partition coefficient (Wildman–Crippen LogP) is 0.352. The highest BCUT2D eigenvalue weighted by Gasteiger charge is 2.18. The molecule has 0 spiro atoms. The van der Waals surface area contributed by atoms with Crippen LogP contribution in [0.15, 0.2) is 12.3 Å². The second-order valence-electron chi connectivity index (χ2n) is 4.53.